The molecule has 0 aliphatic carbocycles. The van der Waals surface area contributed by atoms with E-state index in [9.17, 15) is 18.8 Å². The normalized spacial score (nSPS) is 17.4. The van der Waals surface area contributed by atoms with E-state index in [0.717, 1.165) is 5.56 Å². The smallest absolute Gasteiger partial charge is 0.315 e. The lowest BCUT2D eigenvalue weighted by molar-refractivity contribution is -0.143. The molecule has 0 spiro atoms. The molecule has 1 fully saturated rings. The van der Waals surface area contributed by atoms with E-state index in [0.29, 0.717) is 36.0 Å². The average Bonchev–Trinajstić information content (AvgIpc) is 2.90. The number of halogens is 2. The third-order valence-corrected chi connectivity index (χ3v) is 6.70. The van der Waals surface area contributed by atoms with Crippen molar-refractivity contribution in [1.29, 1.82) is 0 Å². The van der Waals surface area contributed by atoms with Crippen LogP contribution >= 0.6 is 11.6 Å². The number of carbonyl (C=O) groups excluding carboxylic acids is 3. The van der Waals surface area contributed by atoms with E-state index in [1.165, 1.54) is 12.1 Å². The van der Waals surface area contributed by atoms with Crippen molar-refractivity contribution < 1.29 is 28.2 Å². The fourth-order valence-electron chi connectivity index (χ4n) is 4.39. The molecule has 0 saturated carbocycles. The number of urea groups is 1. The number of carbonyl (C=O) groups is 3. The van der Waals surface area contributed by atoms with Crippen LogP contribution in [0.25, 0.3) is 0 Å². The van der Waals surface area contributed by atoms with Gasteiger partial charge < -0.3 is 25.0 Å². The van der Waals surface area contributed by atoms with Gasteiger partial charge in [0.25, 0.3) is 5.91 Å². The van der Waals surface area contributed by atoms with Gasteiger partial charge in [0.1, 0.15) is 11.6 Å². The van der Waals surface area contributed by atoms with E-state index in [2.05, 4.69) is 22.5 Å². The SMILES string of the molecule is CCOC(=O)CCNC(=O)NCc1cc(Cl)ccc1OCC(=O)N1C[C@@H](C)N(Cc2ccc(F)cc2)C[C@@H]1C. The number of piperazine rings is 1. The molecule has 3 amide bonds. The molecule has 39 heavy (non-hydrogen) atoms. The lowest BCUT2D eigenvalue weighted by Crippen LogP contribution is -2.58. The number of rotatable bonds is 11. The topological polar surface area (TPSA) is 100 Å². The minimum Gasteiger partial charge on any atom is -0.483 e. The Hall–Kier alpha value is -3.37. The van der Waals surface area contributed by atoms with Gasteiger partial charge in [-0.1, -0.05) is 23.7 Å². The molecule has 1 aliphatic heterocycles. The number of hydrogen-bond acceptors (Lipinski definition) is 6. The Morgan fingerprint density at radius 2 is 1.79 bits per heavy atom. The van der Waals surface area contributed by atoms with Crippen molar-refractivity contribution in [2.45, 2.75) is 52.4 Å². The van der Waals surface area contributed by atoms with E-state index in [1.54, 1.807) is 37.3 Å². The Kier molecular flexibility index (Phi) is 11.4. The summed E-state index contributed by atoms with van der Waals surface area (Å²) in [5.41, 5.74) is 1.64. The number of amides is 3. The summed E-state index contributed by atoms with van der Waals surface area (Å²) in [6.07, 6.45) is 0.0758. The van der Waals surface area contributed by atoms with Gasteiger partial charge in [0, 0.05) is 55.4 Å². The fraction of sp³-hybridized carbons (Fsp3) is 0.464. The molecule has 212 valence electrons. The largest absolute Gasteiger partial charge is 0.483 e. The zero-order chi connectivity index (χ0) is 28.4. The number of nitrogens with zero attached hydrogens (tertiary/aromatic N) is 2. The third kappa shape index (κ3) is 9.40. The van der Waals surface area contributed by atoms with E-state index in [-0.39, 0.29) is 62.5 Å². The molecular formula is C28H36ClFN4O5. The minimum atomic E-state index is -0.456. The van der Waals surface area contributed by atoms with Gasteiger partial charge in [-0.05, 0) is 56.7 Å². The van der Waals surface area contributed by atoms with Crippen LogP contribution < -0.4 is 15.4 Å². The van der Waals surface area contributed by atoms with Crippen LogP contribution in [0.15, 0.2) is 42.5 Å². The molecule has 0 unspecified atom stereocenters. The van der Waals surface area contributed by atoms with Crippen LogP contribution in [0.1, 0.15) is 38.3 Å². The summed E-state index contributed by atoms with van der Waals surface area (Å²) in [5, 5.41) is 5.76. The Morgan fingerprint density at radius 3 is 2.51 bits per heavy atom. The standard InChI is InChI=1S/C28H36ClFN4O5/c1-4-38-27(36)11-12-31-28(37)32-14-22-13-23(29)7-10-25(22)39-18-26(35)34-16-19(2)33(15-20(34)3)17-21-5-8-24(30)9-6-21/h5-10,13,19-20H,4,11-12,14-18H2,1-3H3,(H2,31,32,37)/t19-,20+/m1/s1. The molecule has 11 heteroatoms. The molecule has 2 atom stereocenters. The number of benzene rings is 2. The highest BCUT2D eigenvalue weighted by Gasteiger charge is 2.32. The van der Waals surface area contributed by atoms with Crippen molar-refractivity contribution in [3.63, 3.8) is 0 Å². The molecule has 9 nitrogen and oxygen atoms in total. The maximum absolute atomic E-state index is 13.2. The predicted molar refractivity (Wildman–Crippen MR) is 146 cm³/mol. The molecule has 1 saturated heterocycles. The van der Waals surface area contributed by atoms with E-state index < -0.39 is 6.03 Å². The molecule has 2 aromatic rings. The first kappa shape index (κ1) is 30.2. The van der Waals surface area contributed by atoms with Gasteiger partial charge in [0.05, 0.1) is 13.0 Å². The quantitative estimate of drug-likeness (QED) is 0.405. The molecule has 2 N–H and O–H groups in total. The van der Waals surface area contributed by atoms with Gasteiger partial charge in [0.15, 0.2) is 6.61 Å². The molecule has 0 radical (unpaired) electrons. The summed E-state index contributed by atoms with van der Waals surface area (Å²) in [5.74, 6) is -0.341. The summed E-state index contributed by atoms with van der Waals surface area (Å²) >= 11 is 6.15. The van der Waals surface area contributed by atoms with Crippen molar-refractivity contribution in [3.05, 3.63) is 64.4 Å². The third-order valence-electron chi connectivity index (χ3n) is 6.47. The van der Waals surface area contributed by atoms with Crippen LogP contribution in [0.5, 0.6) is 5.75 Å². The molecule has 0 aromatic heterocycles. The number of nitrogens with one attached hydrogen (secondary N) is 2. The number of hydrogen-bond donors (Lipinski definition) is 2. The predicted octanol–water partition coefficient (Wildman–Crippen LogP) is 3.73. The van der Waals surface area contributed by atoms with Crippen molar-refractivity contribution in [1.82, 2.24) is 20.4 Å². The first-order valence-corrected chi connectivity index (χ1v) is 13.4. The second-order valence-electron chi connectivity index (χ2n) is 9.51. The van der Waals surface area contributed by atoms with Crippen LogP contribution in [0.2, 0.25) is 5.02 Å². The highest BCUT2D eigenvalue weighted by molar-refractivity contribution is 6.30. The van der Waals surface area contributed by atoms with Gasteiger partial charge in [0.2, 0.25) is 0 Å². The van der Waals surface area contributed by atoms with Crippen LogP contribution in [-0.2, 0) is 27.4 Å². The highest BCUT2D eigenvalue weighted by Crippen LogP contribution is 2.24. The average molecular weight is 563 g/mol. The first-order valence-electron chi connectivity index (χ1n) is 13.0. The Balaban J connectivity index is 1.50. The Labute approximate surface area is 233 Å². The summed E-state index contributed by atoms with van der Waals surface area (Å²) in [7, 11) is 0. The fourth-order valence-corrected chi connectivity index (χ4v) is 4.58. The monoisotopic (exact) mass is 562 g/mol. The second-order valence-corrected chi connectivity index (χ2v) is 9.94. The van der Waals surface area contributed by atoms with Crippen molar-refractivity contribution in [3.8, 4) is 5.75 Å². The first-order chi connectivity index (χ1) is 18.7. The molecular weight excluding hydrogens is 527 g/mol. The Bertz CT molecular complexity index is 1130. The van der Waals surface area contributed by atoms with Gasteiger partial charge in [-0.25, -0.2) is 9.18 Å². The van der Waals surface area contributed by atoms with Crippen LogP contribution in [0.4, 0.5) is 9.18 Å². The van der Waals surface area contributed by atoms with Crippen molar-refractivity contribution in [2.24, 2.45) is 0 Å². The van der Waals surface area contributed by atoms with E-state index in [4.69, 9.17) is 21.1 Å². The Morgan fingerprint density at radius 1 is 1.05 bits per heavy atom. The zero-order valence-electron chi connectivity index (χ0n) is 22.5. The van der Waals surface area contributed by atoms with Crippen LogP contribution in [-0.4, -0.2) is 72.6 Å². The van der Waals surface area contributed by atoms with Crippen LogP contribution in [0, 0.1) is 5.82 Å². The maximum Gasteiger partial charge on any atom is 0.315 e. The van der Waals surface area contributed by atoms with Crippen LogP contribution in [0.3, 0.4) is 0 Å². The van der Waals surface area contributed by atoms with Crippen molar-refractivity contribution >= 4 is 29.5 Å². The number of ether oxygens (including phenoxy) is 2. The van der Waals surface area contributed by atoms with E-state index in [1.807, 2.05) is 11.8 Å². The van der Waals surface area contributed by atoms with Gasteiger partial charge in [-0.3, -0.25) is 14.5 Å². The molecule has 0 bridgehead atoms. The summed E-state index contributed by atoms with van der Waals surface area (Å²) in [6.45, 7) is 8.09. The number of esters is 1. The molecule has 1 heterocycles. The van der Waals surface area contributed by atoms with Crippen molar-refractivity contribution in [2.75, 3.05) is 32.8 Å². The molecule has 3 rings (SSSR count). The lowest BCUT2D eigenvalue weighted by atomic mass is 10.1. The summed E-state index contributed by atoms with van der Waals surface area (Å²) in [6, 6.07) is 11.1. The second kappa shape index (κ2) is 14.7. The minimum absolute atomic E-state index is 0.0255. The van der Waals surface area contributed by atoms with Gasteiger partial charge >= 0.3 is 12.0 Å². The van der Waals surface area contributed by atoms with Gasteiger partial charge in [-0.2, -0.15) is 0 Å². The zero-order valence-corrected chi connectivity index (χ0v) is 23.3. The summed E-state index contributed by atoms with van der Waals surface area (Å²) < 4.78 is 23.9. The molecule has 1 aliphatic rings. The lowest BCUT2D eigenvalue weighted by Gasteiger charge is -2.44. The van der Waals surface area contributed by atoms with E-state index >= 15 is 0 Å². The summed E-state index contributed by atoms with van der Waals surface area (Å²) in [4.78, 5) is 40.7. The maximum atomic E-state index is 13.2. The molecule has 2 aromatic carbocycles. The highest BCUT2D eigenvalue weighted by atomic mass is 35.5. The van der Waals surface area contributed by atoms with Gasteiger partial charge in [-0.15, -0.1) is 0 Å².